The maximum Gasteiger partial charge on any atom is 0.254 e. The minimum absolute atomic E-state index is 0.186. The van der Waals surface area contributed by atoms with Gasteiger partial charge in [-0.15, -0.1) is 0 Å². The maximum absolute atomic E-state index is 11.7. The van der Waals surface area contributed by atoms with Crippen LogP contribution in [0.3, 0.4) is 0 Å². The molecule has 0 aliphatic rings. The lowest BCUT2D eigenvalue weighted by atomic mass is 10.3. The molecule has 2 aromatic heterocycles. The van der Waals surface area contributed by atoms with E-state index in [0.717, 1.165) is 5.69 Å². The van der Waals surface area contributed by atoms with Gasteiger partial charge >= 0.3 is 0 Å². The highest BCUT2D eigenvalue weighted by molar-refractivity contribution is 5.93. The summed E-state index contributed by atoms with van der Waals surface area (Å²) in [4.78, 5) is 21.9. The molecule has 94 valence electrons. The SMILES string of the molecule is CN(C)c1nccc(CNC(=O)c2ccoc2)n1. The summed E-state index contributed by atoms with van der Waals surface area (Å²) in [6, 6.07) is 3.38. The van der Waals surface area contributed by atoms with E-state index in [9.17, 15) is 4.79 Å². The van der Waals surface area contributed by atoms with Gasteiger partial charge in [0.05, 0.1) is 24.1 Å². The highest BCUT2D eigenvalue weighted by Crippen LogP contribution is 2.04. The fraction of sp³-hybridized carbons (Fsp3) is 0.250. The number of nitrogens with one attached hydrogen (secondary N) is 1. The van der Waals surface area contributed by atoms with Gasteiger partial charge in [-0.3, -0.25) is 4.79 Å². The van der Waals surface area contributed by atoms with Crippen LogP contribution in [0.25, 0.3) is 0 Å². The molecule has 0 atom stereocenters. The zero-order valence-electron chi connectivity index (χ0n) is 10.3. The normalized spacial score (nSPS) is 10.1. The van der Waals surface area contributed by atoms with Crippen LogP contribution in [0.2, 0.25) is 0 Å². The van der Waals surface area contributed by atoms with E-state index in [1.807, 2.05) is 14.1 Å². The Bertz CT molecular complexity index is 523. The van der Waals surface area contributed by atoms with E-state index in [4.69, 9.17) is 4.42 Å². The summed E-state index contributed by atoms with van der Waals surface area (Å²) in [7, 11) is 3.73. The molecule has 0 saturated heterocycles. The average Bonchev–Trinajstić information content (AvgIpc) is 2.90. The van der Waals surface area contributed by atoms with Crippen molar-refractivity contribution in [2.45, 2.75) is 6.54 Å². The predicted octanol–water partition coefficient (Wildman–Crippen LogP) is 1.07. The molecule has 0 spiro atoms. The first kappa shape index (κ1) is 12.1. The third kappa shape index (κ3) is 2.85. The second-order valence-corrected chi connectivity index (χ2v) is 3.94. The summed E-state index contributed by atoms with van der Waals surface area (Å²) in [6.07, 6.45) is 4.53. The number of rotatable bonds is 4. The van der Waals surface area contributed by atoms with Crippen molar-refractivity contribution in [3.63, 3.8) is 0 Å². The molecule has 0 aliphatic heterocycles. The predicted molar refractivity (Wildman–Crippen MR) is 66.2 cm³/mol. The summed E-state index contributed by atoms with van der Waals surface area (Å²) in [5.41, 5.74) is 1.25. The Hall–Kier alpha value is -2.37. The van der Waals surface area contributed by atoms with Crippen LogP contribution >= 0.6 is 0 Å². The molecule has 6 heteroatoms. The zero-order valence-corrected chi connectivity index (χ0v) is 10.3. The first-order chi connectivity index (χ1) is 8.66. The molecule has 1 N–H and O–H groups in total. The third-order valence-electron chi connectivity index (χ3n) is 2.31. The van der Waals surface area contributed by atoms with Gasteiger partial charge < -0.3 is 14.6 Å². The minimum Gasteiger partial charge on any atom is -0.472 e. The van der Waals surface area contributed by atoms with Crippen molar-refractivity contribution < 1.29 is 9.21 Å². The van der Waals surface area contributed by atoms with Crippen LogP contribution < -0.4 is 10.2 Å². The molecule has 6 nitrogen and oxygen atoms in total. The van der Waals surface area contributed by atoms with E-state index in [-0.39, 0.29) is 5.91 Å². The Balaban J connectivity index is 1.98. The highest BCUT2D eigenvalue weighted by atomic mass is 16.3. The monoisotopic (exact) mass is 246 g/mol. The van der Waals surface area contributed by atoms with Crippen LogP contribution in [0.15, 0.2) is 35.3 Å². The van der Waals surface area contributed by atoms with Crippen molar-refractivity contribution in [1.29, 1.82) is 0 Å². The molecule has 2 aromatic rings. The van der Waals surface area contributed by atoms with Gasteiger partial charge in [0.2, 0.25) is 5.95 Å². The van der Waals surface area contributed by atoms with Crippen molar-refractivity contribution in [1.82, 2.24) is 15.3 Å². The molecule has 0 bridgehead atoms. The lowest BCUT2D eigenvalue weighted by Crippen LogP contribution is -2.23. The number of anilines is 1. The van der Waals surface area contributed by atoms with E-state index in [2.05, 4.69) is 15.3 Å². The number of carbonyl (C=O) groups excluding carboxylic acids is 1. The van der Waals surface area contributed by atoms with Crippen molar-refractivity contribution in [2.24, 2.45) is 0 Å². The fourth-order valence-electron chi connectivity index (χ4n) is 1.37. The van der Waals surface area contributed by atoms with Crippen LogP contribution in [0, 0.1) is 0 Å². The van der Waals surface area contributed by atoms with Crippen LogP contribution in [0.1, 0.15) is 16.1 Å². The Morgan fingerprint density at radius 1 is 1.44 bits per heavy atom. The summed E-state index contributed by atoms with van der Waals surface area (Å²) < 4.78 is 4.85. The quantitative estimate of drug-likeness (QED) is 0.873. The van der Waals surface area contributed by atoms with Crippen LogP contribution in [0.4, 0.5) is 5.95 Å². The average molecular weight is 246 g/mol. The molecule has 18 heavy (non-hydrogen) atoms. The van der Waals surface area contributed by atoms with Gasteiger partial charge in [-0.25, -0.2) is 9.97 Å². The standard InChI is InChI=1S/C12H14N4O2/c1-16(2)12-13-5-3-10(15-12)7-14-11(17)9-4-6-18-8-9/h3-6,8H,7H2,1-2H3,(H,14,17). The second-order valence-electron chi connectivity index (χ2n) is 3.94. The van der Waals surface area contributed by atoms with E-state index in [1.54, 1.807) is 23.2 Å². The van der Waals surface area contributed by atoms with E-state index in [0.29, 0.717) is 18.1 Å². The van der Waals surface area contributed by atoms with Crippen LogP contribution in [0.5, 0.6) is 0 Å². The molecule has 0 aromatic carbocycles. The molecule has 0 unspecified atom stereocenters. The number of amides is 1. The minimum atomic E-state index is -0.186. The Kier molecular flexibility index (Phi) is 3.57. The van der Waals surface area contributed by atoms with Gasteiger partial charge in [-0.2, -0.15) is 0 Å². The molecular formula is C12H14N4O2. The smallest absolute Gasteiger partial charge is 0.254 e. The molecule has 0 fully saturated rings. The van der Waals surface area contributed by atoms with Gasteiger partial charge in [0.1, 0.15) is 6.26 Å². The number of nitrogens with zero attached hydrogens (tertiary/aromatic N) is 3. The third-order valence-corrected chi connectivity index (χ3v) is 2.31. The number of furan rings is 1. The van der Waals surface area contributed by atoms with E-state index in [1.165, 1.54) is 12.5 Å². The van der Waals surface area contributed by atoms with Crippen molar-refractivity contribution in [3.05, 3.63) is 42.1 Å². The van der Waals surface area contributed by atoms with Crippen molar-refractivity contribution >= 4 is 11.9 Å². The summed E-state index contributed by atoms with van der Waals surface area (Å²) in [5.74, 6) is 0.429. The van der Waals surface area contributed by atoms with Crippen molar-refractivity contribution in [2.75, 3.05) is 19.0 Å². The molecular weight excluding hydrogens is 232 g/mol. The fourth-order valence-corrected chi connectivity index (χ4v) is 1.37. The topological polar surface area (TPSA) is 71.3 Å². The lowest BCUT2D eigenvalue weighted by molar-refractivity contribution is 0.0950. The number of carbonyl (C=O) groups is 1. The van der Waals surface area contributed by atoms with Crippen LogP contribution in [-0.4, -0.2) is 30.0 Å². The maximum atomic E-state index is 11.7. The first-order valence-electron chi connectivity index (χ1n) is 5.46. The molecule has 0 aliphatic carbocycles. The van der Waals surface area contributed by atoms with Gasteiger partial charge in [0.25, 0.3) is 5.91 Å². The number of hydrogen-bond donors (Lipinski definition) is 1. The molecule has 0 saturated carbocycles. The Morgan fingerprint density at radius 2 is 2.28 bits per heavy atom. The van der Waals surface area contributed by atoms with Crippen molar-refractivity contribution in [3.8, 4) is 0 Å². The molecule has 2 heterocycles. The summed E-state index contributed by atoms with van der Waals surface area (Å²) in [5, 5.41) is 2.76. The Labute approximate surface area is 105 Å². The van der Waals surface area contributed by atoms with Gasteiger partial charge in [-0.05, 0) is 12.1 Å². The first-order valence-corrected chi connectivity index (χ1v) is 5.46. The summed E-state index contributed by atoms with van der Waals surface area (Å²) in [6.45, 7) is 0.355. The van der Waals surface area contributed by atoms with Gasteiger partial charge in [-0.1, -0.05) is 0 Å². The van der Waals surface area contributed by atoms with E-state index >= 15 is 0 Å². The Morgan fingerprint density at radius 3 is 2.94 bits per heavy atom. The summed E-state index contributed by atoms with van der Waals surface area (Å²) >= 11 is 0. The largest absolute Gasteiger partial charge is 0.472 e. The number of aromatic nitrogens is 2. The van der Waals surface area contributed by atoms with E-state index < -0.39 is 0 Å². The zero-order chi connectivity index (χ0) is 13.0. The highest BCUT2D eigenvalue weighted by Gasteiger charge is 2.07. The second kappa shape index (κ2) is 5.31. The number of hydrogen-bond acceptors (Lipinski definition) is 5. The molecule has 0 radical (unpaired) electrons. The lowest BCUT2D eigenvalue weighted by Gasteiger charge is -2.10. The molecule has 1 amide bonds. The van der Waals surface area contributed by atoms with Gasteiger partial charge in [0, 0.05) is 20.3 Å². The van der Waals surface area contributed by atoms with Gasteiger partial charge in [0.15, 0.2) is 0 Å². The molecule has 2 rings (SSSR count). The van der Waals surface area contributed by atoms with Crippen LogP contribution in [-0.2, 0) is 6.54 Å².